The first-order valence-corrected chi connectivity index (χ1v) is 7.14. The molecule has 19 heavy (non-hydrogen) atoms. The Hall–Kier alpha value is -1.29. The van der Waals surface area contributed by atoms with Gasteiger partial charge in [-0.15, -0.1) is 0 Å². The molecule has 1 aromatic rings. The van der Waals surface area contributed by atoms with Gasteiger partial charge in [0, 0.05) is 6.04 Å². The zero-order valence-corrected chi connectivity index (χ0v) is 11.8. The van der Waals surface area contributed by atoms with Crippen LogP contribution in [0.15, 0.2) is 16.5 Å². The Morgan fingerprint density at radius 1 is 1.32 bits per heavy atom. The van der Waals surface area contributed by atoms with Crippen molar-refractivity contribution >= 4 is 5.97 Å². The molecule has 0 aromatic carbocycles. The molecule has 1 atom stereocenters. The largest absolute Gasteiger partial charge is 0.475 e. The molecule has 4 heteroatoms. The quantitative estimate of drug-likeness (QED) is 0.843. The van der Waals surface area contributed by atoms with E-state index in [4.69, 9.17) is 9.52 Å². The predicted molar refractivity (Wildman–Crippen MR) is 73.3 cm³/mol. The summed E-state index contributed by atoms with van der Waals surface area (Å²) in [6.07, 6.45) is 7.71. The number of aromatic carboxylic acids is 1. The molecule has 1 N–H and O–H groups in total. The van der Waals surface area contributed by atoms with Crippen molar-refractivity contribution in [2.45, 2.75) is 57.5 Å². The van der Waals surface area contributed by atoms with Gasteiger partial charge in [-0.25, -0.2) is 4.79 Å². The Labute approximate surface area is 114 Å². The smallest absolute Gasteiger partial charge is 0.371 e. The predicted octanol–water partition coefficient (Wildman–Crippen LogP) is 3.69. The molecule has 1 unspecified atom stereocenters. The first-order chi connectivity index (χ1) is 9.09. The summed E-state index contributed by atoms with van der Waals surface area (Å²) < 4.78 is 5.41. The fourth-order valence-electron chi connectivity index (χ4n) is 2.87. The van der Waals surface area contributed by atoms with E-state index in [9.17, 15) is 4.79 Å². The topological polar surface area (TPSA) is 53.7 Å². The molecule has 0 radical (unpaired) electrons. The van der Waals surface area contributed by atoms with Crippen molar-refractivity contribution < 1.29 is 14.3 Å². The monoisotopic (exact) mass is 265 g/mol. The minimum atomic E-state index is -1.00. The van der Waals surface area contributed by atoms with Crippen molar-refractivity contribution in [3.63, 3.8) is 0 Å². The van der Waals surface area contributed by atoms with Crippen LogP contribution in [0.4, 0.5) is 0 Å². The standard InChI is InChI=1S/C15H23NO3/c1-11(13-9-10-14(19-13)15(17)18)16(2)12-7-5-3-4-6-8-12/h9-12H,3-8H2,1-2H3,(H,17,18). The molecule has 0 bridgehead atoms. The molecule has 4 nitrogen and oxygen atoms in total. The molecule has 106 valence electrons. The van der Waals surface area contributed by atoms with Gasteiger partial charge in [-0.2, -0.15) is 0 Å². The first kappa shape index (κ1) is 14.1. The van der Waals surface area contributed by atoms with E-state index in [2.05, 4.69) is 18.9 Å². The maximum atomic E-state index is 10.8. The highest BCUT2D eigenvalue weighted by atomic mass is 16.4. The molecule has 1 saturated carbocycles. The fourth-order valence-corrected chi connectivity index (χ4v) is 2.87. The van der Waals surface area contributed by atoms with Crippen molar-refractivity contribution in [2.75, 3.05) is 7.05 Å². The van der Waals surface area contributed by atoms with Gasteiger partial charge in [0.1, 0.15) is 5.76 Å². The molecule has 1 aliphatic rings. The molecule has 0 aliphatic heterocycles. The molecule has 1 aliphatic carbocycles. The van der Waals surface area contributed by atoms with Crippen LogP contribution in [0.25, 0.3) is 0 Å². The number of carbonyl (C=O) groups is 1. The average Bonchev–Trinajstić information content (AvgIpc) is 2.73. The van der Waals surface area contributed by atoms with E-state index >= 15 is 0 Å². The molecular weight excluding hydrogens is 242 g/mol. The van der Waals surface area contributed by atoms with Crippen LogP contribution in [0.5, 0.6) is 0 Å². The molecule has 1 heterocycles. The van der Waals surface area contributed by atoms with Crippen LogP contribution in [-0.2, 0) is 0 Å². The Kier molecular flexibility index (Phi) is 4.64. The van der Waals surface area contributed by atoms with Crippen molar-refractivity contribution in [3.8, 4) is 0 Å². The molecule has 1 fully saturated rings. The minimum Gasteiger partial charge on any atom is -0.475 e. The maximum Gasteiger partial charge on any atom is 0.371 e. The fraction of sp³-hybridized carbons (Fsp3) is 0.667. The first-order valence-electron chi connectivity index (χ1n) is 7.14. The number of furan rings is 1. The summed E-state index contributed by atoms with van der Waals surface area (Å²) in [4.78, 5) is 13.2. The van der Waals surface area contributed by atoms with E-state index in [-0.39, 0.29) is 11.8 Å². The van der Waals surface area contributed by atoms with Crippen molar-refractivity contribution in [1.29, 1.82) is 0 Å². The van der Waals surface area contributed by atoms with Crippen LogP contribution in [0.2, 0.25) is 0 Å². The van der Waals surface area contributed by atoms with Crippen LogP contribution >= 0.6 is 0 Å². The lowest BCUT2D eigenvalue weighted by molar-refractivity contribution is 0.0654. The molecule has 0 saturated heterocycles. The van der Waals surface area contributed by atoms with E-state index in [1.807, 2.05) is 0 Å². The van der Waals surface area contributed by atoms with Gasteiger partial charge in [0.15, 0.2) is 0 Å². The lowest BCUT2D eigenvalue weighted by atomic mass is 10.1. The van der Waals surface area contributed by atoms with Gasteiger partial charge in [-0.3, -0.25) is 4.90 Å². The second kappa shape index (κ2) is 6.24. The van der Waals surface area contributed by atoms with E-state index in [1.54, 1.807) is 6.07 Å². The lowest BCUT2D eigenvalue weighted by Gasteiger charge is -2.31. The second-order valence-corrected chi connectivity index (χ2v) is 5.49. The summed E-state index contributed by atoms with van der Waals surface area (Å²) in [5.74, 6) is -0.240. The van der Waals surface area contributed by atoms with Gasteiger partial charge in [0.25, 0.3) is 0 Å². The summed E-state index contributed by atoms with van der Waals surface area (Å²) in [6.45, 7) is 2.08. The molecule has 0 spiro atoms. The number of hydrogen-bond donors (Lipinski definition) is 1. The zero-order chi connectivity index (χ0) is 13.8. The van der Waals surface area contributed by atoms with E-state index in [0.29, 0.717) is 6.04 Å². The third kappa shape index (κ3) is 3.38. The van der Waals surface area contributed by atoms with Gasteiger partial charge < -0.3 is 9.52 Å². The third-order valence-electron chi connectivity index (χ3n) is 4.26. The number of carboxylic acid groups (broad SMARTS) is 1. The van der Waals surface area contributed by atoms with Gasteiger partial charge in [0.05, 0.1) is 6.04 Å². The Balaban J connectivity index is 2.04. The van der Waals surface area contributed by atoms with Crippen LogP contribution in [0.3, 0.4) is 0 Å². The summed E-state index contributed by atoms with van der Waals surface area (Å²) in [5.41, 5.74) is 0. The number of rotatable bonds is 4. The normalized spacial score (nSPS) is 19.3. The number of hydrogen-bond acceptors (Lipinski definition) is 3. The SMILES string of the molecule is CC(c1ccc(C(=O)O)o1)N(C)C1CCCCCC1. The van der Waals surface area contributed by atoms with E-state index in [0.717, 1.165) is 5.76 Å². The van der Waals surface area contributed by atoms with Crippen molar-refractivity contribution in [3.05, 3.63) is 23.7 Å². The van der Waals surface area contributed by atoms with Gasteiger partial charge in [-0.1, -0.05) is 25.7 Å². The lowest BCUT2D eigenvalue weighted by Crippen LogP contribution is -2.33. The number of nitrogens with zero attached hydrogens (tertiary/aromatic N) is 1. The zero-order valence-electron chi connectivity index (χ0n) is 11.8. The van der Waals surface area contributed by atoms with Crippen molar-refractivity contribution in [1.82, 2.24) is 4.90 Å². The minimum absolute atomic E-state index is 0.0242. The summed E-state index contributed by atoms with van der Waals surface area (Å²) in [7, 11) is 2.11. The molecule has 2 rings (SSSR count). The van der Waals surface area contributed by atoms with Crippen LogP contribution in [0.1, 0.15) is 67.8 Å². The van der Waals surface area contributed by atoms with Gasteiger partial charge in [0.2, 0.25) is 5.76 Å². The van der Waals surface area contributed by atoms with Gasteiger partial charge >= 0.3 is 5.97 Å². The highest BCUT2D eigenvalue weighted by Gasteiger charge is 2.24. The second-order valence-electron chi connectivity index (χ2n) is 5.49. The molecule has 1 aromatic heterocycles. The Bertz CT molecular complexity index is 419. The Morgan fingerprint density at radius 2 is 1.95 bits per heavy atom. The maximum absolute atomic E-state index is 10.8. The highest BCUT2D eigenvalue weighted by molar-refractivity contribution is 5.84. The average molecular weight is 265 g/mol. The van der Waals surface area contributed by atoms with Crippen LogP contribution < -0.4 is 0 Å². The van der Waals surface area contributed by atoms with Crippen LogP contribution in [0, 0.1) is 0 Å². The van der Waals surface area contributed by atoms with E-state index in [1.165, 1.54) is 44.6 Å². The molecular formula is C15H23NO3. The van der Waals surface area contributed by atoms with E-state index < -0.39 is 5.97 Å². The Morgan fingerprint density at radius 3 is 2.47 bits per heavy atom. The summed E-state index contributed by atoms with van der Waals surface area (Å²) in [6, 6.07) is 4.02. The van der Waals surface area contributed by atoms with Crippen LogP contribution in [-0.4, -0.2) is 29.1 Å². The highest BCUT2D eigenvalue weighted by Crippen LogP contribution is 2.28. The third-order valence-corrected chi connectivity index (χ3v) is 4.26. The van der Waals surface area contributed by atoms with Gasteiger partial charge in [-0.05, 0) is 38.9 Å². The number of carboxylic acids is 1. The summed E-state index contributed by atoms with van der Waals surface area (Å²) in [5, 5.41) is 8.90. The summed E-state index contributed by atoms with van der Waals surface area (Å²) >= 11 is 0. The van der Waals surface area contributed by atoms with Crippen molar-refractivity contribution in [2.24, 2.45) is 0 Å². The molecule has 0 amide bonds.